The molecular formula is C15H23NO. The summed E-state index contributed by atoms with van der Waals surface area (Å²) in [6.45, 7) is 2.47. The minimum absolute atomic E-state index is 0.287. The van der Waals surface area contributed by atoms with Gasteiger partial charge in [0.05, 0.1) is 0 Å². The Morgan fingerprint density at radius 3 is 2.82 bits per heavy atom. The summed E-state index contributed by atoms with van der Waals surface area (Å²) in [5.41, 5.74) is 3.01. The highest BCUT2D eigenvalue weighted by atomic mass is 16.3. The number of hydrogen-bond acceptors (Lipinski definition) is 2. The first-order chi connectivity index (χ1) is 8.33. The summed E-state index contributed by atoms with van der Waals surface area (Å²) in [6, 6.07) is 9.81. The Morgan fingerprint density at radius 1 is 1.35 bits per heavy atom. The van der Waals surface area contributed by atoms with Crippen molar-refractivity contribution in [3.05, 3.63) is 35.4 Å². The van der Waals surface area contributed by atoms with Gasteiger partial charge in [-0.15, -0.1) is 0 Å². The van der Waals surface area contributed by atoms with Crippen LogP contribution in [0.15, 0.2) is 24.3 Å². The van der Waals surface area contributed by atoms with E-state index in [1.54, 1.807) is 0 Å². The lowest BCUT2D eigenvalue weighted by molar-refractivity contribution is 0.252. The highest BCUT2D eigenvalue weighted by Crippen LogP contribution is 2.21. The maximum absolute atomic E-state index is 9.02. The summed E-state index contributed by atoms with van der Waals surface area (Å²) >= 11 is 0. The second kappa shape index (κ2) is 6.18. The fraction of sp³-hybridized carbons (Fsp3) is 0.600. The molecule has 2 N–H and O–H groups in total. The summed E-state index contributed by atoms with van der Waals surface area (Å²) in [5, 5.41) is 12.7. The van der Waals surface area contributed by atoms with Gasteiger partial charge >= 0.3 is 0 Å². The van der Waals surface area contributed by atoms with E-state index >= 15 is 0 Å². The van der Waals surface area contributed by atoms with Gasteiger partial charge in [0.15, 0.2) is 0 Å². The van der Waals surface area contributed by atoms with Gasteiger partial charge in [0.2, 0.25) is 0 Å². The molecule has 1 aromatic rings. The van der Waals surface area contributed by atoms with E-state index in [1.807, 2.05) is 0 Å². The monoisotopic (exact) mass is 233 g/mol. The second-order valence-corrected chi connectivity index (χ2v) is 4.99. The molecule has 0 aliphatic heterocycles. The van der Waals surface area contributed by atoms with Gasteiger partial charge in [-0.3, -0.25) is 0 Å². The van der Waals surface area contributed by atoms with Crippen LogP contribution in [0.3, 0.4) is 0 Å². The molecule has 2 rings (SSSR count). The van der Waals surface area contributed by atoms with E-state index in [0.717, 1.165) is 19.3 Å². The smallest absolute Gasteiger partial charge is 0.0445 e. The fourth-order valence-corrected chi connectivity index (χ4v) is 2.73. The summed E-state index contributed by atoms with van der Waals surface area (Å²) in [5.74, 6) is 0. The summed E-state index contributed by atoms with van der Waals surface area (Å²) in [4.78, 5) is 0. The molecule has 0 amide bonds. The maximum atomic E-state index is 9.02. The lowest BCUT2D eigenvalue weighted by Gasteiger charge is -2.29. The minimum Gasteiger partial charge on any atom is -0.396 e. The molecule has 0 radical (unpaired) electrons. The van der Waals surface area contributed by atoms with Gasteiger partial charge in [-0.25, -0.2) is 0 Å². The first-order valence-electron chi connectivity index (χ1n) is 6.77. The number of nitrogens with one attached hydrogen (secondary N) is 1. The number of hydrogen-bond donors (Lipinski definition) is 2. The van der Waals surface area contributed by atoms with Crippen LogP contribution in [0.25, 0.3) is 0 Å². The Morgan fingerprint density at radius 2 is 2.12 bits per heavy atom. The van der Waals surface area contributed by atoms with Crippen LogP contribution >= 0.6 is 0 Å². The van der Waals surface area contributed by atoms with Crippen LogP contribution in [0.5, 0.6) is 0 Å². The molecule has 1 aliphatic carbocycles. The average Bonchev–Trinajstić information content (AvgIpc) is 2.38. The normalized spacial score (nSPS) is 20.9. The number of aliphatic hydroxyl groups excluding tert-OH is 1. The maximum Gasteiger partial charge on any atom is 0.0445 e. The molecule has 1 aromatic carbocycles. The van der Waals surface area contributed by atoms with Gasteiger partial charge in [0, 0.05) is 18.7 Å². The van der Waals surface area contributed by atoms with E-state index in [4.69, 9.17) is 5.11 Å². The zero-order valence-corrected chi connectivity index (χ0v) is 10.7. The Balaban J connectivity index is 1.93. The minimum atomic E-state index is 0.287. The Bertz CT molecular complexity index is 351. The molecular weight excluding hydrogens is 210 g/mol. The molecule has 94 valence electrons. The molecule has 2 atom stereocenters. The summed E-state index contributed by atoms with van der Waals surface area (Å²) < 4.78 is 0. The number of rotatable bonds is 5. The van der Waals surface area contributed by atoms with Crippen molar-refractivity contribution in [1.29, 1.82) is 0 Å². The van der Waals surface area contributed by atoms with Crippen LogP contribution in [0.4, 0.5) is 0 Å². The molecule has 2 nitrogen and oxygen atoms in total. The third-order valence-electron chi connectivity index (χ3n) is 3.79. The van der Waals surface area contributed by atoms with Crippen LogP contribution in [-0.2, 0) is 12.8 Å². The van der Waals surface area contributed by atoms with Gasteiger partial charge in [-0.1, -0.05) is 31.2 Å². The molecule has 0 saturated heterocycles. The largest absolute Gasteiger partial charge is 0.396 e. The van der Waals surface area contributed by atoms with Crippen LogP contribution < -0.4 is 5.32 Å². The highest BCUT2D eigenvalue weighted by Gasteiger charge is 2.19. The van der Waals surface area contributed by atoms with Crippen LogP contribution in [0.2, 0.25) is 0 Å². The third kappa shape index (κ3) is 3.30. The lowest BCUT2D eigenvalue weighted by atomic mass is 9.88. The predicted molar refractivity (Wildman–Crippen MR) is 71.2 cm³/mol. The zero-order chi connectivity index (χ0) is 12.1. The number of aliphatic hydroxyl groups is 1. The number of aryl methyl sites for hydroxylation is 1. The molecule has 0 spiro atoms. The van der Waals surface area contributed by atoms with Gasteiger partial charge in [0.25, 0.3) is 0 Å². The lowest BCUT2D eigenvalue weighted by Crippen LogP contribution is -2.41. The number of benzene rings is 1. The van der Waals surface area contributed by atoms with Gasteiger partial charge in [-0.05, 0) is 43.2 Å². The molecule has 0 heterocycles. The molecule has 17 heavy (non-hydrogen) atoms. The first-order valence-corrected chi connectivity index (χ1v) is 6.77. The fourth-order valence-electron chi connectivity index (χ4n) is 2.73. The van der Waals surface area contributed by atoms with Crippen molar-refractivity contribution in [1.82, 2.24) is 5.32 Å². The zero-order valence-electron chi connectivity index (χ0n) is 10.7. The standard InChI is InChI=1S/C15H23NO/c1-2-14(9-10-17)16-15-8-7-12-5-3-4-6-13(12)11-15/h3-6,14-17H,2,7-11H2,1H3. The van der Waals surface area contributed by atoms with E-state index < -0.39 is 0 Å². The van der Waals surface area contributed by atoms with E-state index in [9.17, 15) is 0 Å². The van der Waals surface area contributed by atoms with Gasteiger partial charge in [0.1, 0.15) is 0 Å². The molecule has 0 fully saturated rings. The van der Waals surface area contributed by atoms with E-state index in [2.05, 4.69) is 36.5 Å². The molecule has 2 unspecified atom stereocenters. The van der Waals surface area contributed by atoms with Crippen molar-refractivity contribution >= 4 is 0 Å². The highest BCUT2D eigenvalue weighted by molar-refractivity contribution is 5.30. The average molecular weight is 233 g/mol. The van der Waals surface area contributed by atoms with E-state index in [0.29, 0.717) is 12.1 Å². The molecule has 0 bridgehead atoms. The van der Waals surface area contributed by atoms with Crippen LogP contribution in [0, 0.1) is 0 Å². The van der Waals surface area contributed by atoms with Crippen molar-refractivity contribution in [3.63, 3.8) is 0 Å². The third-order valence-corrected chi connectivity index (χ3v) is 3.79. The van der Waals surface area contributed by atoms with E-state index in [-0.39, 0.29) is 6.61 Å². The molecule has 0 aromatic heterocycles. The van der Waals surface area contributed by atoms with Crippen molar-refractivity contribution in [2.24, 2.45) is 0 Å². The van der Waals surface area contributed by atoms with Crippen LogP contribution in [0.1, 0.15) is 37.3 Å². The molecule has 1 aliphatic rings. The van der Waals surface area contributed by atoms with Gasteiger partial charge in [-0.2, -0.15) is 0 Å². The van der Waals surface area contributed by atoms with Crippen molar-refractivity contribution < 1.29 is 5.11 Å². The Labute approximate surface area is 104 Å². The quantitative estimate of drug-likeness (QED) is 0.818. The van der Waals surface area contributed by atoms with Crippen molar-refractivity contribution in [2.75, 3.05) is 6.61 Å². The van der Waals surface area contributed by atoms with E-state index in [1.165, 1.54) is 24.0 Å². The second-order valence-electron chi connectivity index (χ2n) is 4.99. The predicted octanol–water partition coefficient (Wildman–Crippen LogP) is 2.29. The number of fused-ring (bicyclic) bond motifs is 1. The summed E-state index contributed by atoms with van der Waals surface area (Å²) in [6.07, 6.45) is 5.51. The first kappa shape index (κ1) is 12.6. The van der Waals surface area contributed by atoms with Crippen molar-refractivity contribution in [2.45, 2.75) is 51.1 Å². The Kier molecular flexibility index (Phi) is 4.57. The molecule has 2 heteroatoms. The van der Waals surface area contributed by atoms with Crippen molar-refractivity contribution in [3.8, 4) is 0 Å². The Hall–Kier alpha value is -0.860. The SMILES string of the molecule is CCC(CCO)NC1CCc2ccccc2C1. The molecule has 0 saturated carbocycles. The van der Waals surface area contributed by atoms with Gasteiger partial charge < -0.3 is 10.4 Å². The summed E-state index contributed by atoms with van der Waals surface area (Å²) in [7, 11) is 0. The topological polar surface area (TPSA) is 32.3 Å². The van der Waals surface area contributed by atoms with Crippen LogP contribution in [-0.4, -0.2) is 23.8 Å².